The summed E-state index contributed by atoms with van der Waals surface area (Å²) < 4.78 is 7.12. The highest BCUT2D eigenvalue weighted by molar-refractivity contribution is 8.00. The van der Waals surface area contributed by atoms with Crippen LogP contribution in [0.4, 0.5) is 0 Å². The third-order valence-corrected chi connectivity index (χ3v) is 6.29. The van der Waals surface area contributed by atoms with Crippen LogP contribution in [0.3, 0.4) is 0 Å². The molecule has 3 heterocycles. The molecule has 0 radical (unpaired) electrons. The van der Waals surface area contributed by atoms with Gasteiger partial charge in [0.2, 0.25) is 0 Å². The Morgan fingerprint density at radius 1 is 1.15 bits per heavy atom. The molecule has 1 N–H and O–H groups in total. The molecule has 4 rings (SSSR count). The number of para-hydroxylation sites is 1. The van der Waals surface area contributed by atoms with Crippen LogP contribution in [0.1, 0.15) is 27.5 Å². The quantitative estimate of drug-likeness (QED) is 0.444. The number of aromatic nitrogens is 1. The van der Waals surface area contributed by atoms with E-state index in [2.05, 4.69) is 21.7 Å². The predicted octanol–water partition coefficient (Wildman–Crippen LogP) is 5.42. The average Bonchev–Trinajstić information content (AvgIpc) is 3.32. The number of hydrogen-bond donors (Lipinski definition) is 1. The number of thiophene rings is 1. The van der Waals surface area contributed by atoms with Gasteiger partial charge in [0.1, 0.15) is 5.58 Å². The number of fused-ring (bicyclic) bond motifs is 1. The first-order valence-corrected chi connectivity index (χ1v) is 10.4. The highest BCUT2D eigenvalue weighted by Gasteiger charge is 2.20. The maximum atomic E-state index is 12.8. The molecule has 0 saturated heterocycles. The zero-order chi connectivity index (χ0) is 18.6. The molecule has 0 fully saturated rings. The summed E-state index contributed by atoms with van der Waals surface area (Å²) in [5.74, 6) is 0.854. The van der Waals surface area contributed by atoms with Gasteiger partial charge in [-0.25, -0.2) is 0 Å². The van der Waals surface area contributed by atoms with Gasteiger partial charge in [0, 0.05) is 22.4 Å². The average molecular weight is 395 g/mol. The first kappa shape index (κ1) is 17.8. The minimum absolute atomic E-state index is 0.212. The molecule has 0 aliphatic carbocycles. The molecule has 0 atom stereocenters. The van der Waals surface area contributed by atoms with Crippen LogP contribution in [0.2, 0.25) is 0 Å². The molecule has 6 heteroatoms. The van der Waals surface area contributed by atoms with Crippen molar-refractivity contribution in [3.63, 3.8) is 0 Å². The Bertz CT molecular complexity index is 1070. The van der Waals surface area contributed by atoms with Crippen LogP contribution in [-0.4, -0.2) is 10.9 Å². The SMILES string of the molecule is Cc1cccc(CNC(=O)c2oc3ccccc3c2CSc2cccs2)n1. The first-order valence-electron chi connectivity index (χ1n) is 8.58. The van der Waals surface area contributed by atoms with Crippen molar-refractivity contribution in [2.75, 3.05) is 0 Å². The fraction of sp³-hybridized carbons (Fsp3) is 0.143. The second kappa shape index (κ2) is 7.98. The molecule has 4 aromatic rings. The number of nitrogens with one attached hydrogen (secondary N) is 1. The summed E-state index contributed by atoms with van der Waals surface area (Å²) in [5.41, 5.74) is 3.42. The Balaban J connectivity index is 1.57. The summed E-state index contributed by atoms with van der Waals surface area (Å²) >= 11 is 3.41. The van der Waals surface area contributed by atoms with Gasteiger partial charge in [-0.05, 0) is 36.6 Å². The number of rotatable bonds is 6. The monoisotopic (exact) mass is 394 g/mol. The minimum atomic E-state index is -0.212. The lowest BCUT2D eigenvalue weighted by Crippen LogP contribution is -2.23. The van der Waals surface area contributed by atoms with Gasteiger partial charge >= 0.3 is 0 Å². The molecule has 4 nitrogen and oxygen atoms in total. The predicted molar refractivity (Wildman–Crippen MR) is 110 cm³/mol. The van der Waals surface area contributed by atoms with Crippen LogP contribution in [0.5, 0.6) is 0 Å². The van der Waals surface area contributed by atoms with Crippen molar-refractivity contribution in [2.24, 2.45) is 0 Å². The lowest BCUT2D eigenvalue weighted by Gasteiger charge is -2.06. The Kier molecular flexibility index (Phi) is 5.27. The van der Waals surface area contributed by atoms with Gasteiger partial charge in [-0.3, -0.25) is 9.78 Å². The van der Waals surface area contributed by atoms with Crippen molar-refractivity contribution in [1.29, 1.82) is 0 Å². The van der Waals surface area contributed by atoms with Crippen LogP contribution in [0.15, 0.2) is 68.6 Å². The summed E-state index contributed by atoms with van der Waals surface area (Å²) in [6.07, 6.45) is 0. The molecule has 3 aromatic heterocycles. The zero-order valence-electron chi connectivity index (χ0n) is 14.8. The number of thioether (sulfide) groups is 1. The van der Waals surface area contributed by atoms with E-state index in [0.717, 1.165) is 27.9 Å². The maximum absolute atomic E-state index is 12.8. The van der Waals surface area contributed by atoms with E-state index in [1.165, 1.54) is 4.21 Å². The van der Waals surface area contributed by atoms with Crippen LogP contribution >= 0.6 is 23.1 Å². The molecule has 0 spiro atoms. The summed E-state index contributed by atoms with van der Waals surface area (Å²) in [5, 5.41) is 5.98. The molecule has 1 amide bonds. The Labute approximate surface area is 165 Å². The smallest absolute Gasteiger partial charge is 0.287 e. The second-order valence-electron chi connectivity index (χ2n) is 6.08. The number of furan rings is 1. The molecular weight excluding hydrogens is 376 g/mol. The Morgan fingerprint density at radius 2 is 2.04 bits per heavy atom. The normalized spacial score (nSPS) is 11.0. The van der Waals surface area contributed by atoms with E-state index in [-0.39, 0.29) is 5.91 Å². The lowest BCUT2D eigenvalue weighted by molar-refractivity contribution is 0.0924. The summed E-state index contributed by atoms with van der Waals surface area (Å²) in [6, 6.07) is 17.7. The summed E-state index contributed by atoms with van der Waals surface area (Å²) in [4.78, 5) is 17.2. The summed E-state index contributed by atoms with van der Waals surface area (Å²) in [6.45, 7) is 2.31. The lowest BCUT2D eigenvalue weighted by atomic mass is 10.1. The van der Waals surface area contributed by atoms with Crippen molar-refractivity contribution < 1.29 is 9.21 Å². The number of amides is 1. The van der Waals surface area contributed by atoms with E-state index >= 15 is 0 Å². The van der Waals surface area contributed by atoms with Crippen molar-refractivity contribution in [2.45, 2.75) is 23.4 Å². The van der Waals surface area contributed by atoms with Gasteiger partial charge in [0.15, 0.2) is 5.76 Å². The van der Waals surface area contributed by atoms with E-state index in [1.807, 2.05) is 55.5 Å². The molecule has 0 aliphatic rings. The molecule has 0 unspecified atom stereocenters. The summed E-state index contributed by atoms with van der Waals surface area (Å²) in [7, 11) is 0. The van der Waals surface area contributed by atoms with Crippen molar-refractivity contribution >= 4 is 40.0 Å². The van der Waals surface area contributed by atoms with E-state index in [9.17, 15) is 4.79 Å². The van der Waals surface area contributed by atoms with Crippen LogP contribution in [-0.2, 0) is 12.3 Å². The number of aryl methyl sites for hydroxylation is 1. The molecular formula is C21H18N2O2S2. The van der Waals surface area contributed by atoms with Crippen LogP contribution in [0.25, 0.3) is 11.0 Å². The third-order valence-electron chi connectivity index (χ3n) is 4.13. The Morgan fingerprint density at radius 3 is 2.85 bits per heavy atom. The second-order valence-corrected chi connectivity index (χ2v) is 8.30. The molecule has 136 valence electrons. The fourth-order valence-corrected chi connectivity index (χ4v) is 4.68. The maximum Gasteiger partial charge on any atom is 0.287 e. The van der Waals surface area contributed by atoms with E-state index in [1.54, 1.807) is 23.1 Å². The van der Waals surface area contributed by atoms with Gasteiger partial charge in [-0.15, -0.1) is 23.1 Å². The number of benzene rings is 1. The van der Waals surface area contributed by atoms with Gasteiger partial charge in [0.05, 0.1) is 16.4 Å². The Hall–Kier alpha value is -2.57. The van der Waals surface area contributed by atoms with Crippen molar-refractivity contribution in [3.8, 4) is 0 Å². The first-order chi connectivity index (χ1) is 13.2. The van der Waals surface area contributed by atoms with Gasteiger partial charge in [-0.2, -0.15) is 0 Å². The molecule has 0 saturated carbocycles. The number of carbonyl (C=O) groups is 1. The van der Waals surface area contributed by atoms with Crippen LogP contribution in [0, 0.1) is 6.92 Å². The van der Waals surface area contributed by atoms with E-state index in [4.69, 9.17) is 4.42 Å². The van der Waals surface area contributed by atoms with Crippen molar-refractivity contribution in [3.05, 3.63) is 82.7 Å². The topological polar surface area (TPSA) is 55.1 Å². The highest BCUT2D eigenvalue weighted by Crippen LogP contribution is 2.33. The molecule has 27 heavy (non-hydrogen) atoms. The third kappa shape index (κ3) is 4.07. The van der Waals surface area contributed by atoms with Crippen molar-refractivity contribution in [1.82, 2.24) is 10.3 Å². The van der Waals surface area contributed by atoms with E-state index < -0.39 is 0 Å². The number of pyridine rings is 1. The van der Waals surface area contributed by atoms with Crippen LogP contribution < -0.4 is 5.32 Å². The molecule has 1 aromatic carbocycles. The van der Waals surface area contributed by atoms with Gasteiger partial charge < -0.3 is 9.73 Å². The number of hydrogen-bond acceptors (Lipinski definition) is 5. The molecule has 0 aliphatic heterocycles. The molecule has 0 bridgehead atoms. The number of carbonyl (C=O) groups excluding carboxylic acids is 1. The van der Waals surface area contributed by atoms with Gasteiger partial charge in [-0.1, -0.05) is 30.3 Å². The largest absolute Gasteiger partial charge is 0.451 e. The zero-order valence-corrected chi connectivity index (χ0v) is 16.4. The minimum Gasteiger partial charge on any atom is -0.451 e. The van der Waals surface area contributed by atoms with E-state index in [0.29, 0.717) is 18.1 Å². The fourth-order valence-electron chi connectivity index (χ4n) is 2.86. The standard InChI is InChI=1S/C21H18N2O2S2/c1-14-6-4-7-15(23-14)12-22-21(24)20-17(13-27-19-10-5-11-26-19)16-8-2-3-9-18(16)25-20/h2-11H,12-13H2,1H3,(H,22,24). The number of nitrogens with zero attached hydrogens (tertiary/aromatic N) is 1. The van der Waals surface area contributed by atoms with Gasteiger partial charge in [0.25, 0.3) is 5.91 Å². The highest BCUT2D eigenvalue weighted by atomic mass is 32.2.